The Morgan fingerprint density at radius 3 is 2.55 bits per heavy atom. The van der Waals surface area contributed by atoms with Gasteiger partial charge in [-0.25, -0.2) is 4.39 Å². The van der Waals surface area contributed by atoms with E-state index in [0.29, 0.717) is 15.8 Å². The molecule has 0 radical (unpaired) electrons. The van der Waals surface area contributed by atoms with Gasteiger partial charge in [0.15, 0.2) is 5.78 Å². The summed E-state index contributed by atoms with van der Waals surface area (Å²) in [7, 11) is 0. The molecule has 8 heteroatoms. The summed E-state index contributed by atoms with van der Waals surface area (Å²) in [6, 6.07) is 18.1. The van der Waals surface area contributed by atoms with E-state index in [9.17, 15) is 14.0 Å². The minimum Gasteiger partial charge on any atom is -0.310 e. The number of thiocarbonyl (C=S) groups is 1. The number of nitrogens with one attached hydrogen (secondary N) is 1. The van der Waals surface area contributed by atoms with Gasteiger partial charge >= 0.3 is 0 Å². The predicted octanol–water partition coefficient (Wildman–Crippen LogP) is 4.43. The second kappa shape index (κ2) is 6.66. The highest BCUT2D eigenvalue weighted by Crippen LogP contribution is 2.69. The summed E-state index contributed by atoms with van der Waals surface area (Å²) < 4.78 is 13.1. The number of hydrogen-bond acceptors (Lipinski definition) is 6. The monoisotopic (exact) mass is 492 g/mol. The molecule has 33 heavy (non-hydrogen) atoms. The van der Waals surface area contributed by atoms with E-state index < -0.39 is 10.3 Å². The van der Waals surface area contributed by atoms with Crippen LogP contribution in [0.25, 0.3) is 10.8 Å². The summed E-state index contributed by atoms with van der Waals surface area (Å²) in [4.78, 5) is 30.8. The normalized spacial score (nSPS) is 32.5. The van der Waals surface area contributed by atoms with Crippen molar-refractivity contribution in [2.75, 3.05) is 11.6 Å². The van der Waals surface area contributed by atoms with E-state index in [0.717, 1.165) is 27.7 Å². The number of Topliss-reactive ketones (excluding diaryl/α,β-unsaturated/α-hetero) is 1. The molecule has 0 saturated carbocycles. The molecule has 3 aromatic carbocycles. The number of carbonyl (C=O) groups excluding carboxylic acids is 2. The Kier molecular flexibility index (Phi) is 4.06. The Bertz CT molecular complexity index is 1410. The molecule has 0 aromatic heterocycles. The number of hydrogen-bond donors (Lipinski definition) is 1. The molecule has 2 spiro atoms. The lowest BCUT2D eigenvalue weighted by Gasteiger charge is -2.43. The molecule has 1 aliphatic carbocycles. The SMILES string of the molecule is O=C1NC(=S)S[C@@]12[C@H](c1ccc(F)cc1)[C@H]1CSCN1[C@]21C(=O)c2cccc3cccc1c23. The van der Waals surface area contributed by atoms with E-state index in [1.807, 2.05) is 36.4 Å². The second-order valence-corrected chi connectivity index (χ2v) is 11.8. The molecule has 4 atom stereocenters. The van der Waals surface area contributed by atoms with Gasteiger partial charge in [-0.05, 0) is 34.0 Å². The van der Waals surface area contributed by atoms with Crippen LogP contribution < -0.4 is 5.32 Å². The van der Waals surface area contributed by atoms with Gasteiger partial charge in [0.2, 0.25) is 5.91 Å². The zero-order valence-corrected chi connectivity index (χ0v) is 19.7. The maximum atomic E-state index is 14.5. The Hall–Kier alpha value is -2.26. The molecule has 4 aliphatic rings. The van der Waals surface area contributed by atoms with E-state index in [1.165, 1.54) is 23.9 Å². The second-order valence-electron chi connectivity index (χ2n) is 8.89. The third kappa shape index (κ3) is 2.21. The molecular weight excluding hydrogens is 475 g/mol. The van der Waals surface area contributed by atoms with Gasteiger partial charge in [0.25, 0.3) is 0 Å². The first-order valence-corrected chi connectivity index (χ1v) is 13.1. The van der Waals surface area contributed by atoms with Crippen LogP contribution in [-0.4, -0.2) is 43.3 Å². The number of benzene rings is 3. The smallest absolute Gasteiger partial charge is 0.245 e. The summed E-state index contributed by atoms with van der Waals surface area (Å²) >= 11 is 8.60. The maximum absolute atomic E-state index is 14.5. The molecule has 1 N–H and O–H groups in total. The molecule has 3 aromatic rings. The van der Waals surface area contributed by atoms with Crippen LogP contribution >= 0.6 is 35.7 Å². The third-order valence-corrected chi connectivity index (χ3v) is 10.3. The molecule has 3 saturated heterocycles. The van der Waals surface area contributed by atoms with Gasteiger partial charge in [-0.3, -0.25) is 14.5 Å². The van der Waals surface area contributed by atoms with E-state index in [1.54, 1.807) is 23.9 Å². The predicted molar refractivity (Wildman–Crippen MR) is 133 cm³/mol. The van der Waals surface area contributed by atoms with E-state index in [4.69, 9.17) is 12.2 Å². The zero-order valence-electron chi connectivity index (χ0n) is 17.2. The van der Waals surface area contributed by atoms with Gasteiger partial charge in [-0.1, -0.05) is 72.5 Å². The highest BCUT2D eigenvalue weighted by Gasteiger charge is 2.80. The first kappa shape index (κ1) is 20.1. The highest BCUT2D eigenvalue weighted by molar-refractivity contribution is 8.25. The number of ketones is 1. The Balaban J connectivity index is 1.61. The first-order valence-electron chi connectivity index (χ1n) is 10.7. The lowest BCUT2D eigenvalue weighted by molar-refractivity contribution is -0.123. The van der Waals surface area contributed by atoms with Crippen LogP contribution in [-0.2, 0) is 10.3 Å². The summed E-state index contributed by atoms with van der Waals surface area (Å²) in [5.41, 5.74) is 1.21. The van der Waals surface area contributed by atoms with Crippen molar-refractivity contribution in [3.63, 3.8) is 0 Å². The lowest BCUT2D eigenvalue weighted by Crippen LogP contribution is -2.61. The first-order chi connectivity index (χ1) is 16.0. The minimum absolute atomic E-state index is 0.0428. The molecule has 0 unspecified atom stereocenters. The maximum Gasteiger partial charge on any atom is 0.245 e. The van der Waals surface area contributed by atoms with Crippen molar-refractivity contribution < 1.29 is 14.0 Å². The number of thioether (sulfide) groups is 2. The zero-order chi connectivity index (χ0) is 22.5. The summed E-state index contributed by atoms with van der Waals surface area (Å²) in [5, 5.41) is 4.79. The number of amides is 1. The molecule has 0 bridgehead atoms. The average molecular weight is 493 g/mol. The summed E-state index contributed by atoms with van der Waals surface area (Å²) in [6.07, 6.45) is 0. The van der Waals surface area contributed by atoms with Gasteiger partial charge in [0.05, 0.1) is 0 Å². The van der Waals surface area contributed by atoms with Crippen molar-refractivity contribution in [1.29, 1.82) is 0 Å². The van der Waals surface area contributed by atoms with Crippen LogP contribution in [0.1, 0.15) is 27.4 Å². The van der Waals surface area contributed by atoms with Crippen LogP contribution in [0, 0.1) is 5.82 Å². The lowest BCUT2D eigenvalue weighted by atomic mass is 9.70. The van der Waals surface area contributed by atoms with Crippen molar-refractivity contribution in [2.24, 2.45) is 0 Å². The number of fused-ring (bicyclic) bond motifs is 4. The fraction of sp³-hybridized carbons (Fsp3) is 0.240. The Morgan fingerprint density at radius 2 is 1.82 bits per heavy atom. The fourth-order valence-electron chi connectivity index (χ4n) is 6.56. The molecule has 4 nitrogen and oxygen atoms in total. The van der Waals surface area contributed by atoms with Crippen molar-refractivity contribution in [2.45, 2.75) is 22.2 Å². The molecule has 164 valence electrons. The van der Waals surface area contributed by atoms with Crippen LogP contribution in [0.3, 0.4) is 0 Å². The number of rotatable bonds is 1. The minimum atomic E-state index is -1.18. The van der Waals surface area contributed by atoms with Gasteiger partial charge in [-0.2, -0.15) is 0 Å². The van der Waals surface area contributed by atoms with Crippen LogP contribution in [0.4, 0.5) is 4.39 Å². The molecule has 3 aliphatic heterocycles. The Labute approximate surface area is 203 Å². The van der Waals surface area contributed by atoms with Gasteiger partial charge in [-0.15, -0.1) is 11.8 Å². The topological polar surface area (TPSA) is 49.4 Å². The van der Waals surface area contributed by atoms with E-state index in [2.05, 4.69) is 10.2 Å². The molecule has 7 rings (SSSR count). The molecular formula is C25H17FN2O2S3. The largest absolute Gasteiger partial charge is 0.310 e. The summed E-state index contributed by atoms with van der Waals surface area (Å²) in [6.45, 7) is 0. The summed E-state index contributed by atoms with van der Waals surface area (Å²) in [5.74, 6) is 0.494. The van der Waals surface area contributed by atoms with Crippen molar-refractivity contribution >= 4 is 62.5 Å². The van der Waals surface area contributed by atoms with Gasteiger partial charge in [0.1, 0.15) is 20.4 Å². The van der Waals surface area contributed by atoms with E-state index >= 15 is 0 Å². The standard InChI is InChI=1S/C25H17FN2O2S3/c26-15-9-7-14(8-10-15)20-18-11-32-12-28(18)24(25(20)22(30)27-23(31)33-25)17-6-2-4-13-3-1-5-16(19(13)17)21(24)29/h1-10,18,20H,11-12H2,(H,27,30,31)/t18-,20-,24-,25+/m1/s1. The van der Waals surface area contributed by atoms with Crippen molar-refractivity contribution in [1.82, 2.24) is 10.2 Å². The molecule has 1 amide bonds. The van der Waals surface area contributed by atoms with Crippen molar-refractivity contribution in [3.05, 3.63) is 83.2 Å². The van der Waals surface area contributed by atoms with Gasteiger partial charge in [0, 0.05) is 29.2 Å². The van der Waals surface area contributed by atoms with Crippen LogP contribution in [0.5, 0.6) is 0 Å². The quantitative estimate of drug-likeness (QED) is 0.508. The van der Waals surface area contributed by atoms with Gasteiger partial charge < -0.3 is 5.32 Å². The highest BCUT2D eigenvalue weighted by atomic mass is 32.2. The van der Waals surface area contributed by atoms with Crippen LogP contribution in [0.2, 0.25) is 0 Å². The fourth-order valence-corrected chi connectivity index (χ4v) is 9.82. The van der Waals surface area contributed by atoms with Crippen LogP contribution in [0.15, 0.2) is 60.7 Å². The van der Waals surface area contributed by atoms with Crippen molar-refractivity contribution in [3.8, 4) is 0 Å². The molecule has 3 fully saturated rings. The van der Waals surface area contributed by atoms with E-state index in [-0.39, 0.29) is 29.5 Å². The third-order valence-electron chi connectivity index (χ3n) is 7.61. The number of halogens is 1. The average Bonchev–Trinajstić information content (AvgIpc) is 3.51. The number of carbonyl (C=O) groups is 2. The molecule has 3 heterocycles. The number of nitrogens with zero attached hydrogens (tertiary/aromatic N) is 1. The Morgan fingerprint density at radius 1 is 1.06 bits per heavy atom.